The Morgan fingerprint density at radius 2 is 1.46 bits per heavy atom. The molecule has 0 heterocycles. The summed E-state index contributed by atoms with van der Waals surface area (Å²) in [6.07, 6.45) is -0.807. The van der Waals surface area contributed by atoms with Crippen LogP contribution in [0.4, 0.5) is 4.79 Å². The van der Waals surface area contributed by atoms with E-state index in [2.05, 4.69) is 60.0 Å². The maximum atomic E-state index is 10.8. The topological polar surface area (TPSA) is 35.5 Å². The van der Waals surface area contributed by atoms with Gasteiger partial charge in [0.1, 0.15) is 0 Å². The summed E-state index contributed by atoms with van der Waals surface area (Å²) in [5, 5.41) is 0. The Balaban J connectivity index is -0.000000605. The quantitative estimate of drug-likeness (QED) is 0.220. The minimum Gasteiger partial charge on any atom is -1.00 e. The molecule has 8 heteroatoms. The van der Waals surface area contributed by atoms with Gasteiger partial charge in [0.2, 0.25) is 0 Å². The SMILES string of the molecule is O=C(OC(S)CS)OC(S)CS.[H-].[Na+]. The predicted octanol–water partition coefficient (Wildman–Crippen LogP) is -1.37. The fourth-order valence-corrected chi connectivity index (χ4v) is 0.646. The minimum absolute atomic E-state index is 0. The Labute approximate surface area is 123 Å². The second-order valence-electron chi connectivity index (χ2n) is 1.76. The molecule has 0 spiro atoms. The Kier molecular flexibility index (Phi) is 13.4. The Bertz CT molecular complexity index is 139. The molecule has 0 fully saturated rings. The van der Waals surface area contributed by atoms with Crippen LogP contribution in [0.25, 0.3) is 0 Å². The molecule has 0 saturated carbocycles. The normalized spacial score (nSPS) is 13.8. The van der Waals surface area contributed by atoms with Crippen LogP contribution in [0.3, 0.4) is 0 Å². The third kappa shape index (κ3) is 9.96. The van der Waals surface area contributed by atoms with Gasteiger partial charge in [-0.1, -0.05) is 0 Å². The smallest absolute Gasteiger partial charge is 1.00 e. The van der Waals surface area contributed by atoms with E-state index in [0.29, 0.717) is 11.5 Å². The molecular weight excluding hydrogens is 259 g/mol. The first-order chi connectivity index (χ1) is 5.60. The van der Waals surface area contributed by atoms with Crippen molar-refractivity contribution in [3.63, 3.8) is 0 Å². The van der Waals surface area contributed by atoms with Gasteiger partial charge in [-0.05, 0) is 0 Å². The molecule has 0 radical (unpaired) electrons. The van der Waals surface area contributed by atoms with Crippen molar-refractivity contribution in [2.45, 2.75) is 10.9 Å². The van der Waals surface area contributed by atoms with E-state index in [4.69, 9.17) is 0 Å². The molecule has 0 rings (SSSR count). The van der Waals surface area contributed by atoms with Crippen LogP contribution < -0.4 is 29.6 Å². The zero-order valence-electron chi connectivity index (χ0n) is 8.08. The van der Waals surface area contributed by atoms with E-state index >= 15 is 0 Å². The van der Waals surface area contributed by atoms with Crippen molar-refractivity contribution >= 4 is 56.7 Å². The van der Waals surface area contributed by atoms with Crippen LogP contribution in [-0.4, -0.2) is 28.5 Å². The number of carbonyl (C=O) groups is 1. The number of hydrogen-bond donors (Lipinski definition) is 4. The summed E-state index contributed by atoms with van der Waals surface area (Å²) >= 11 is 15.5. The fraction of sp³-hybridized carbons (Fsp3) is 0.800. The maximum absolute atomic E-state index is 10.8. The van der Waals surface area contributed by atoms with Crippen molar-refractivity contribution in [2.24, 2.45) is 0 Å². The molecule has 0 aromatic heterocycles. The molecule has 0 saturated heterocycles. The molecule has 74 valence electrons. The summed E-state index contributed by atoms with van der Waals surface area (Å²) in [5.74, 6) is 0.659. The monoisotopic (exact) mass is 270 g/mol. The van der Waals surface area contributed by atoms with E-state index in [1.807, 2.05) is 0 Å². The molecule has 2 atom stereocenters. The largest absolute Gasteiger partial charge is 1.00 e. The molecule has 13 heavy (non-hydrogen) atoms. The molecule has 0 aliphatic heterocycles. The van der Waals surface area contributed by atoms with Crippen molar-refractivity contribution < 1.29 is 45.3 Å². The van der Waals surface area contributed by atoms with E-state index in [1.165, 1.54) is 0 Å². The average molecular weight is 270 g/mol. The number of rotatable bonds is 4. The molecular formula is C5H11NaO3S4. The van der Waals surface area contributed by atoms with Crippen LogP contribution in [-0.2, 0) is 9.47 Å². The van der Waals surface area contributed by atoms with Gasteiger partial charge in [-0.15, -0.1) is 25.3 Å². The van der Waals surface area contributed by atoms with E-state index in [0.717, 1.165) is 0 Å². The second-order valence-corrected chi connectivity index (χ2v) is 3.64. The molecule has 0 aromatic rings. The molecule has 0 aliphatic carbocycles. The van der Waals surface area contributed by atoms with Crippen molar-refractivity contribution in [3.05, 3.63) is 0 Å². The molecule has 0 aromatic carbocycles. The summed E-state index contributed by atoms with van der Waals surface area (Å²) in [7, 11) is 0. The second kappa shape index (κ2) is 10.2. The minimum atomic E-state index is -0.807. The first-order valence-corrected chi connectivity index (χ1v) is 5.35. The van der Waals surface area contributed by atoms with Crippen molar-refractivity contribution in [2.75, 3.05) is 11.5 Å². The Hall–Kier alpha value is 1.67. The Morgan fingerprint density at radius 1 is 1.15 bits per heavy atom. The van der Waals surface area contributed by atoms with Crippen molar-refractivity contribution in [1.82, 2.24) is 0 Å². The predicted molar refractivity (Wildman–Crippen MR) is 61.9 cm³/mol. The van der Waals surface area contributed by atoms with Crippen LogP contribution in [0.1, 0.15) is 1.43 Å². The zero-order chi connectivity index (χ0) is 9.56. The van der Waals surface area contributed by atoms with Crippen LogP contribution >= 0.6 is 50.5 Å². The van der Waals surface area contributed by atoms with E-state index in [9.17, 15) is 4.79 Å². The van der Waals surface area contributed by atoms with E-state index in [-0.39, 0.29) is 31.0 Å². The van der Waals surface area contributed by atoms with Crippen LogP contribution in [0, 0.1) is 0 Å². The number of carbonyl (C=O) groups excluding carboxylic acids is 1. The third-order valence-corrected chi connectivity index (χ3v) is 2.59. The van der Waals surface area contributed by atoms with Crippen LogP contribution in [0.15, 0.2) is 0 Å². The summed E-state index contributed by atoms with van der Waals surface area (Å²) in [6, 6.07) is 0. The molecule has 0 N–H and O–H groups in total. The first kappa shape index (κ1) is 17.1. The average Bonchev–Trinajstić information content (AvgIpc) is 2.03. The van der Waals surface area contributed by atoms with Gasteiger partial charge < -0.3 is 10.9 Å². The number of hydrogen-bond acceptors (Lipinski definition) is 7. The summed E-state index contributed by atoms with van der Waals surface area (Å²) < 4.78 is 9.23. The molecule has 0 aliphatic rings. The van der Waals surface area contributed by atoms with Gasteiger partial charge in [-0.2, -0.15) is 25.3 Å². The Morgan fingerprint density at radius 3 is 1.69 bits per heavy atom. The van der Waals surface area contributed by atoms with Gasteiger partial charge in [0.25, 0.3) is 0 Å². The standard InChI is InChI=1S/C5H10O3S4.Na.H/c6-5(7-3(11)1-9)8-4(12)2-10;;/h3-4,9-12H,1-2H2;;/q;+1;-1. The summed E-state index contributed by atoms with van der Waals surface area (Å²) in [6.45, 7) is 0. The van der Waals surface area contributed by atoms with Crippen molar-refractivity contribution in [3.8, 4) is 0 Å². The summed E-state index contributed by atoms with van der Waals surface area (Å²) in [5.41, 5.74) is -1.11. The molecule has 3 nitrogen and oxygen atoms in total. The zero-order valence-corrected chi connectivity index (χ0v) is 12.7. The maximum Gasteiger partial charge on any atom is 1.00 e. The van der Waals surface area contributed by atoms with Gasteiger partial charge in [0, 0.05) is 11.5 Å². The van der Waals surface area contributed by atoms with Crippen LogP contribution in [0.2, 0.25) is 0 Å². The number of thiol groups is 4. The first-order valence-electron chi connectivity index (χ1n) is 3.05. The van der Waals surface area contributed by atoms with Crippen LogP contribution in [0.5, 0.6) is 0 Å². The van der Waals surface area contributed by atoms with Gasteiger partial charge >= 0.3 is 35.7 Å². The van der Waals surface area contributed by atoms with E-state index in [1.54, 1.807) is 0 Å². The number of ether oxygens (including phenoxy) is 2. The molecule has 2 unspecified atom stereocenters. The van der Waals surface area contributed by atoms with Crippen molar-refractivity contribution in [1.29, 1.82) is 0 Å². The summed E-state index contributed by atoms with van der Waals surface area (Å²) in [4.78, 5) is 10.8. The van der Waals surface area contributed by atoms with E-state index < -0.39 is 17.0 Å². The molecule has 0 bridgehead atoms. The van der Waals surface area contributed by atoms with Gasteiger partial charge in [-0.25, -0.2) is 4.79 Å². The third-order valence-electron chi connectivity index (χ3n) is 0.777. The fourth-order valence-electron chi connectivity index (χ4n) is 0.324. The van der Waals surface area contributed by atoms with Gasteiger partial charge in [-0.3, -0.25) is 0 Å². The van der Waals surface area contributed by atoms with Gasteiger partial charge in [0.15, 0.2) is 10.9 Å². The van der Waals surface area contributed by atoms with Gasteiger partial charge in [0.05, 0.1) is 0 Å². The molecule has 0 amide bonds.